The first-order valence-corrected chi connectivity index (χ1v) is 5.90. The van der Waals surface area contributed by atoms with Crippen molar-refractivity contribution in [3.63, 3.8) is 0 Å². The van der Waals surface area contributed by atoms with E-state index in [2.05, 4.69) is 4.90 Å². The molecule has 2 atom stereocenters. The Morgan fingerprint density at radius 3 is 2.88 bits per heavy atom. The second-order valence-corrected chi connectivity index (χ2v) is 4.76. The Bertz CT molecular complexity index is 395. The topological polar surface area (TPSA) is 23.5 Å². The zero-order valence-corrected chi connectivity index (χ0v) is 9.87. The van der Waals surface area contributed by atoms with Crippen LogP contribution in [0.15, 0.2) is 18.2 Å². The fraction of sp³-hybridized carbons (Fsp3) is 0.538. The third-order valence-corrected chi connectivity index (χ3v) is 3.39. The Morgan fingerprint density at radius 2 is 2.24 bits per heavy atom. The van der Waals surface area contributed by atoms with Crippen molar-refractivity contribution < 1.29 is 13.9 Å². The van der Waals surface area contributed by atoms with Crippen LogP contribution >= 0.6 is 0 Å². The average Bonchev–Trinajstić information content (AvgIpc) is 2.72. The minimum absolute atomic E-state index is 0.242. The van der Waals surface area contributed by atoms with Gasteiger partial charge in [-0.3, -0.25) is 4.90 Å². The predicted molar refractivity (Wildman–Crippen MR) is 61.4 cm³/mol. The fourth-order valence-electron chi connectivity index (χ4n) is 2.31. The maximum atomic E-state index is 13.4. The number of likely N-dealkylation sites (tertiary alicyclic amines) is 1. The van der Waals surface area contributed by atoms with E-state index < -0.39 is 5.82 Å². The minimum atomic E-state index is -0.410. The van der Waals surface area contributed by atoms with Crippen LogP contribution in [0.3, 0.4) is 0 Å². The number of benzene rings is 1. The molecule has 1 aliphatic rings. The Balaban J connectivity index is 2.00. The number of rotatable bonds is 3. The highest BCUT2D eigenvalue weighted by Crippen LogP contribution is 2.22. The second kappa shape index (κ2) is 5.10. The Hall–Kier alpha value is -1.00. The van der Waals surface area contributed by atoms with Crippen molar-refractivity contribution >= 4 is 0 Å². The van der Waals surface area contributed by atoms with Crippen molar-refractivity contribution in [2.24, 2.45) is 5.92 Å². The molecule has 0 aromatic heterocycles. The largest absolute Gasteiger partial charge is 0.393 e. The molecule has 2 rings (SSSR count). The van der Waals surface area contributed by atoms with Crippen LogP contribution in [0.25, 0.3) is 0 Å². The molecule has 0 radical (unpaired) electrons. The van der Waals surface area contributed by atoms with Crippen molar-refractivity contribution in [3.05, 3.63) is 35.4 Å². The highest BCUT2D eigenvalue weighted by Gasteiger charge is 2.26. The number of nitrogens with zero attached hydrogens (tertiary/aromatic N) is 1. The second-order valence-electron chi connectivity index (χ2n) is 4.76. The summed E-state index contributed by atoms with van der Waals surface area (Å²) in [5.41, 5.74) is 0.385. The molecule has 17 heavy (non-hydrogen) atoms. The standard InChI is InChI=1S/C13H17F2NO/c1-9(17)10-4-5-16(7-10)8-11-6-12(14)2-3-13(11)15/h2-3,6,9-10,17H,4-5,7-8H2,1H3. The summed E-state index contributed by atoms with van der Waals surface area (Å²) in [6.45, 7) is 3.75. The van der Waals surface area contributed by atoms with Crippen LogP contribution in [0.5, 0.6) is 0 Å². The summed E-state index contributed by atoms with van der Waals surface area (Å²) < 4.78 is 26.4. The van der Waals surface area contributed by atoms with Gasteiger partial charge >= 0.3 is 0 Å². The third-order valence-electron chi connectivity index (χ3n) is 3.39. The Kier molecular flexibility index (Phi) is 3.74. The first kappa shape index (κ1) is 12.5. The van der Waals surface area contributed by atoms with E-state index in [0.29, 0.717) is 12.1 Å². The van der Waals surface area contributed by atoms with Gasteiger partial charge in [-0.15, -0.1) is 0 Å². The number of hydrogen-bond donors (Lipinski definition) is 1. The van der Waals surface area contributed by atoms with E-state index >= 15 is 0 Å². The van der Waals surface area contributed by atoms with Gasteiger partial charge in [0.1, 0.15) is 11.6 Å². The van der Waals surface area contributed by atoms with E-state index in [1.165, 1.54) is 6.07 Å². The molecule has 0 saturated carbocycles. The summed E-state index contributed by atoms with van der Waals surface area (Å²) in [5, 5.41) is 9.47. The first-order valence-electron chi connectivity index (χ1n) is 5.90. The molecular formula is C13H17F2NO. The van der Waals surface area contributed by atoms with Gasteiger partial charge in [0.2, 0.25) is 0 Å². The van der Waals surface area contributed by atoms with E-state index in [1.807, 2.05) is 0 Å². The van der Waals surface area contributed by atoms with E-state index in [-0.39, 0.29) is 17.8 Å². The zero-order chi connectivity index (χ0) is 12.4. The zero-order valence-electron chi connectivity index (χ0n) is 9.87. The van der Waals surface area contributed by atoms with Gasteiger partial charge in [0.05, 0.1) is 6.10 Å². The minimum Gasteiger partial charge on any atom is -0.393 e. The van der Waals surface area contributed by atoms with Gasteiger partial charge in [0.15, 0.2) is 0 Å². The molecular weight excluding hydrogens is 224 g/mol. The molecule has 0 aliphatic carbocycles. The summed E-state index contributed by atoms with van der Waals surface area (Å²) in [6, 6.07) is 3.53. The smallest absolute Gasteiger partial charge is 0.127 e. The molecule has 2 unspecified atom stereocenters. The van der Waals surface area contributed by atoms with Gasteiger partial charge in [-0.05, 0) is 44.0 Å². The highest BCUT2D eigenvalue weighted by atomic mass is 19.1. The van der Waals surface area contributed by atoms with E-state index in [1.54, 1.807) is 6.92 Å². The molecule has 1 fully saturated rings. The fourth-order valence-corrected chi connectivity index (χ4v) is 2.31. The molecule has 94 valence electrons. The number of aliphatic hydroxyl groups is 1. The molecule has 0 amide bonds. The summed E-state index contributed by atoms with van der Waals surface area (Å²) >= 11 is 0. The quantitative estimate of drug-likeness (QED) is 0.876. The van der Waals surface area contributed by atoms with Crippen LogP contribution in [-0.2, 0) is 6.54 Å². The maximum absolute atomic E-state index is 13.4. The average molecular weight is 241 g/mol. The summed E-state index contributed by atoms with van der Waals surface area (Å²) in [5.74, 6) is -0.536. The lowest BCUT2D eigenvalue weighted by atomic mass is 10.0. The predicted octanol–water partition coefficient (Wildman–Crippen LogP) is 2.17. The molecule has 1 heterocycles. The van der Waals surface area contributed by atoms with E-state index in [4.69, 9.17) is 0 Å². The van der Waals surface area contributed by atoms with Crippen LogP contribution in [0.2, 0.25) is 0 Å². The van der Waals surface area contributed by atoms with Crippen LogP contribution in [0.1, 0.15) is 18.9 Å². The van der Waals surface area contributed by atoms with E-state index in [0.717, 1.165) is 31.6 Å². The molecule has 2 nitrogen and oxygen atoms in total. The molecule has 0 bridgehead atoms. The lowest BCUT2D eigenvalue weighted by Gasteiger charge is -2.17. The van der Waals surface area contributed by atoms with Gasteiger partial charge < -0.3 is 5.11 Å². The van der Waals surface area contributed by atoms with Gasteiger partial charge in [-0.1, -0.05) is 0 Å². The van der Waals surface area contributed by atoms with Crippen LogP contribution in [-0.4, -0.2) is 29.2 Å². The molecule has 1 aliphatic heterocycles. The summed E-state index contributed by atoms with van der Waals surface area (Å²) in [7, 11) is 0. The molecule has 1 N–H and O–H groups in total. The van der Waals surface area contributed by atoms with Gasteiger partial charge in [0, 0.05) is 18.7 Å². The Labute approximate surface area is 99.9 Å². The van der Waals surface area contributed by atoms with Crippen molar-refractivity contribution in [2.45, 2.75) is 26.0 Å². The maximum Gasteiger partial charge on any atom is 0.127 e. The number of hydrogen-bond acceptors (Lipinski definition) is 2. The number of halogens is 2. The molecule has 0 spiro atoms. The molecule has 1 saturated heterocycles. The molecule has 1 aromatic rings. The van der Waals surface area contributed by atoms with Gasteiger partial charge in [-0.2, -0.15) is 0 Å². The van der Waals surface area contributed by atoms with Crippen molar-refractivity contribution in [1.29, 1.82) is 0 Å². The van der Waals surface area contributed by atoms with Gasteiger partial charge in [-0.25, -0.2) is 8.78 Å². The van der Waals surface area contributed by atoms with Crippen molar-refractivity contribution in [3.8, 4) is 0 Å². The Morgan fingerprint density at radius 1 is 1.47 bits per heavy atom. The van der Waals surface area contributed by atoms with Crippen LogP contribution in [0, 0.1) is 17.6 Å². The summed E-state index contributed by atoms with van der Waals surface area (Å²) in [4.78, 5) is 2.05. The lowest BCUT2D eigenvalue weighted by Crippen LogP contribution is -2.24. The highest BCUT2D eigenvalue weighted by molar-refractivity contribution is 5.18. The number of aliphatic hydroxyl groups excluding tert-OH is 1. The summed E-state index contributed by atoms with van der Waals surface area (Å²) in [6.07, 6.45) is 0.576. The normalized spacial score (nSPS) is 22.9. The lowest BCUT2D eigenvalue weighted by molar-refractivity contribution is 0.127. The van der Waals surface area contributed by atoms with Crippen LogP contribution < -0.4 is 0 Å². The van der Waals surface area contributed by atoms with Crippen LogP contribution in [0.4, 0.5) is 8.78 Å². The molecule has 4 heteroatoms. The van der Waals surface area contributed by atoms with Crippen molar-refractivity contribution in [1.82, 2.24) is 4.90 Å². The first-order chi connectivity index (χ1) is 8.06. The SMILES string of the molecule is CC(O)C1CCN(Cc2cc(F)ccc2F)C1. The molecule has 1 aromatic carbocycles. The van der Waals surface area contributed by atoms with Gasteiger partial charge in [0.25, 0.3) is 0 Å². The third kappa shape index (κ3) is 3.01. The van der Waals surface area contributed by atoms with E-state index in [9.17, 15) is 13.9 Å². The van der Waals surface area contributed by atoms with Crippen molar-refractivity contribution in [2.75, 3.05) is 13.1 Å². The monoisotopic (exact) mass is 241 g/mol.